The van der Waals surface area contributed by atoms with Crippen LogP contribution in [0.15, 0.2) is 0 Å². The van der Waals surface area contributed by atoms with E-state index >= 15 is 0 Å². The second-order valence-electron chi connectivity index (χ2n) is 5.87. The van der Waals surface area contributed by atoms with Crippen LogP contribution in [0.3, 0.4) is 0 Å². The van der Waals surface area contributed by atoms with E-state index < -0.39 is 0 Å². The highest BCUT2D eigenvalue weighted by Crippen LogP contribution is 2.48. The Bertz CT molecular complexity index is 411. The maximum atomic E-state index is 6.00. The van der Waals surface area contributed by atoms with Crippen LogP contribution in [0.25, 0.3) is 0 Å². The van der Waals surface area contributed by atoms with Gasteiger partial charge in [0, 0.05) is 11.6 Å². The van der Waals surface area contributed by atoms with Gasteiger partial charge in [0.1, 0.15) is 10.8 Å². The van der Waals surface area contributed by atoms with Gasteiger partial charge in [0.25, 0.3) is 0 Å². The summed E-state index contributed by atoms with van der Waals surface area (Å²) in [7, 11) is 0. The summed E-state index contributed by atoms with van der Waals surface area (Å²) < 4.78 is 4.34. The Labute approximate surface area is 113 Å². The highest BCUT2D eigenvalue weighted by molar-refractivity contribution is 7.10. The first kappa shape index (κ1) is 12.3. The largest absolute Gasteiger partial charge is 0.383 e. The Balaban J connectivity index is 1.68. The van der Waals surface area contributed by atoms with Crippen molar-refractivity contribution < 1.29 is 0 Å². The maximum Gasteiger partial charge on any atom is 0.142 e. The molecule has 2 aliphatic rings. The number of hydrogen-bond acceptors (Lipinski definition) is 4. The fourth-order valence-electron chi connectivity index (χ4n) is 3.16. The summed E-state index contributed by atoms with van der Waals surface area (Å²) in [6.07, 6.45) is 9.30. The molecule has 0 bridgehead atoms. The first-order chi connectivity index (χ1) is 8.78. The van der Waals surface area contributed by atoms with Crippen molar-refractivity contribution in [3.63, 3.8) is 0 Å². The fraction of sp³-hybridized carbons (Fsp3) is 0.786. The van der Waals surface area contributed by atoms with Gasteiger partial charge in [-0.05, 0) is 49.1 Å². The molecule has 2 unspecified atom stereocenters. The molecular weight excluding hydrogens is 242 g/mol. The lowest BCUT2D eigenvalue weighted by atomic mass is 9.84. The second kappa shape index (κ2) is 5.08. The van der Waals surface area contributed by atoms with E-state index in [0.717, 1.165) is 11.7 Å². The maximum absolute atomic E-state index is 6.00. The summed E-state index contributed by atoms with van der Waals surface area (Å²) in [6, 6.07) is 0.640. The van der Waals surface area contributed by atoms with Gasteiger partial charge in [-0.15, -0.1) is 0 Å². The molecule has 1 aromatic heterocycles. The smallest absolute Gasteiger partial charge is 0.142 e. The Hall–Kier alpha value is -0.770. The van der Waals surface area contributed by atoms with Gasteiger partial charge in [0.05, 0.1) is 0 Å². The van der Waals surface area contributed by atoms with Crippen molar-refractivity contribution in [3.8, 4) is 0 Å². The number of nitrogens with one attached hydrogen (secondary N) is 1. The summed E-state index contributed by atoms with van der Waals surface area (Å²) in [4.78, 5) is 0. The molecule has 0 spiro atoms. The zero-order valence-corrected chi connectivity index (χ0v) is 11.9. The van der Waals surface area contributed by atoms with Crippen LogP contribution in [-0.2, 0) is 0 Å². The van der Waals surface area contributed by atoms with Gasteiger partial charge < -0.3 is 11.1 Å². The number of hydrogen-bond donors (Lipinski definition) is 2. The number of nitrogens with two attached hydrogens (primary N) is 1. The SMILES string of the molecule is CCC1CCCC(Nc2snc(N)c2C2CC2)C1. The minimum absolute atomic E-state index is 0.640. The Morgan fingerprint density at radius 1 is 1.33 bits per heavy atom. The van der Waals surface area contributed by atoms with Crippen molar-refractivity contribution in [1.82, 2.24) is 4.37 Å². The molecule has 2 fully saturated rings. The van der Waals surface area contributed by atoms with Crippen molar-refractivity contribution in [1.29, 1.82) is 0 Å². The van der Waals surface area contributed by atoms with Crippen molar-refractivity contribution in [2.75, 3.05) is 11.1 Å². The minimum Gasteiger partial charge on any atom is -0.383 e. The molecule has 2 atom stereocenters. The average molecular weight is 265 g/mol. The Kier molecular flexibility index (Phi) is 3.46. The van der Waals surface area contributed by atoms with E-state index in [0.29, 0.717) is 12.0 Å². The van der Waals surface area contributed by atoms with Gasteiger partial charge in [0.2, 0.25) is 0 Å². The highest BCUT2D eigenvalue weighted by atomic mass is 32.1. The van der Waals surface area contributed by atoms with Crippen molar-refractivity contribution in [3.05, 3.63) is 5.56 Å². The van der Waals surface area contributed by atoms with Gasteiger partial charge in [-0.3, -0.25) is 0 Å². The second-order valence-corrected chi connectivity index (χ2v) is 6.64. The number of aromatic nitrogens is 1. The van der Waals surface area contributed by atoms with Gasteiger partial charge in [-0.1, -0.05) is 26.2 Å². The third kappa shape index (κ3) is 2.48. The van der Waals surface area contributed by atoms with Gasteiger partial charge in [0.15, 0.2) is 0 Å². The zero-order valence-electron chi connectivity index (χ0n) is 11.1. The predicted octanol–water partition coefficient (Wildman–Crippen LogP) is 3.98. The molecule has 2 saturated carbocycles. The molecule has 0 aliphatic heterocycles. The molecule has 100 valence electrons. The molecule has 3 rings (SSSR count). The van der Waals surface area contributed by atoms with Crippen molar-refractivity contribution >= 4 is 22.4 Å². The van der Waals surface area contributed by atoms with E-state index in [1.54, 1.807) is 11.5 Å². The van der Waals surface area contributed by atoms with Crippen molar-refractivity contribution in [2.24, 2.45) is 5.92 Å². The number of rotatable bonds is 4. The minimum atomic E-state index is 0.640. The number of nitrogen functional groups attached to an aromatic ring is 1. The molecule has 0 amide bonds. The third-order valence-corrected chi connectivity index (χ3v) is 5.25. The predicted molar refractivity (Wildman–Crippen MR) is 78.2 cm³/mol. The summed E-state index contributed by atoms with van der Waals surface area (Å²) in [5, 5.41) is 4.99. The van der Waals surface area contributed by atoms with Crippen LogP contribution in [0, 0.1) is 5.92 Å². The Morgan fingerprint density at radius 3 is 2.89 bits per heavy atom. The fourth-order valence-corrected chi connectivity index (χ4v) is 4.04. The average Bonchev–Trinajstić information content (AvgIpc) is 3.15. The lowest BCUT2D eigenvalue weighted by molar-refractivity contribution is 0.327. The summed E-state index contributed by atoms with van der Waals surface area (Å²) >= 11 is 1.56. The molecule has 18 heavy (non-hydrogen) atoms. The molecule has 0 aromatic carbocycles. The quantitative estimate of drug-likeness (QED) is 0.865. The lowest BCUT2D eigenvalue weighted by Crippen LogP contribution is -2.27. The highest BCUT2D eigenvalue weighted by Gasteiger charge is 2.31. The lowest BCUT2D eigenvalue weighted by Gasteiger charge is -2.29. The first-order valence-corrected chi connectivity index (χ1v) is 8.06. The third-order valence-electron chi connectivity index (χ3n) is 4.44. The van der Waals surface area contributed by atoms with Crippen LogP contribution < -0.4 is 11.1 Å². The van der Waals surface area contributed by atoms with Crippen LogP contribution in [-0.4, -0.2) is 10.4 Å². The molecular formula is C14H23N3S. The summed E-state index contributed by atoms with van der Waals surface area (Å²) in [5.74, 6) is 2.37. The first-order valence-electron chi connectivity index (χ1n) is 7.29. The van der Waals surface area contributed by atoms with Gasteiger partial charge in [-0.25, -0.2) is 0 Å². The standard InChI is InChI=1S/C14H23N3S/c1-2-9-4-3-5-11(8-9)16-14-12(10-6-7-10)13(15)17-18-14/h9-11,16H,2-8H2,1H3,(H2,15,17). The van der Waals surface area contributed by atoms with Crippen LogP contribution in [0.5, 0.6) is 0 Å². The van der Waals surface area contributed by atoms with E-state index in [-0.39, 0.29) is 0 Å². The molecule has 3 N–H and O–H groups in total. The van der Waals surface area contributed by atoms with E-state index in [4.69, 9.17) is 5.73 Å². The van der Waals surface area contributed by atoms with E-state index in [2.05, 4.69) is 16.6 Å². The monoisotopic (exact) mass is 265 g/mol. The van der Waals surface area contributed by atoms with Gasteiger partial charge >= 0.3 is 0 Å². The molecule has 3 nitrogen and oxygen atoms in total. The molecule has 0 saturated heterocycles. The number of nitrogens with zero attached hydrogens (tertiary/aromatic N) is 1. The van der Waals surface area contributed by atoms with Crippen LogP contribution >= 0.6 is 11.5 Å². The topological polar surface area (TPSA) is 50.9 Å². The van der Waals surface area contributed by atoms with Crippen LogP contribution in [0.1, 0.15) is 63.4 Å². The van der Waals surface area contributed by atoms with Crippen LogP contribution in [0.4, 0.5) is 10.8 Å². The number of anilines is 2. The Morgan fingerprint density at radius 2 is 2.17 bits per heavy atom. The summed E-state index contributed by atoms with van der Waals surface area (Å²) in [5.41, 5.74) is 7.32. The van der Waals surface area contributed by atoms with E-state index in [9.17, 15) is 0 Å². The van der Waals surface area contributed by atoms with Crippen LogP contribution in [0.2, 0.25) is 0 Å². The van der Waals surface area contributed by atoms with E-state index in [1.807, 2.05) is 0 Å². The molecule has 1 heterocycles. The summed E-state index contributed by atoms with van der Waals surface area (Å²) in [6.45, 7) is 2.31. The zero-order chi connectivity index (χ0) is 12.5. The molecule has 2 aliphatic carbocycles. The molecule has 0 radical (unpaired) electrons. The molecule has 1 aromatic rings. The van der Waals surface area contributed by atoms with Crippen molar-refractivity contribution in [2.45, 2.75) is 63.8 Å². The molecule has 4 heteroatoms. The normalized spacial score (nSPS) is 28.3. The van der Waals surface area contributed by atoms with E-state index in [1.165, 1.54) is 55.5 Å². The van der Waals surface area contributed by atoms with Gasteiger partial charge in [-0.2, -0.15) is 4.37 Å².